The predicted octanol–water partition coefficient (Wildman–Crippen LogP) is 3.27. The highest BCUT2D eigenvalue weighted by molar-refractivity contribution is 5.54. The summed E-state index contributed by atoms with van der Waals surface area (Å²) in [4.78, 5) is 10.5. The lowest BCUT2D eigenvalue weighted by Gasteiger charge is -2.36. The van der Waals surface area contributed by atoms with E-state index in [1.807, 2.05) is 13.0 Å². The zero-order valence-corrected chi connectivity index (χ0v) is 11.6. The maximum atomic E-state index is 10.9. The molecule has 1 heterocycles. The van der Waals surface area contributed by atoms with Gasteiger partial charge in [-0.25, -0.2) is 0 Å². The second kappa shape index (κ2) is 5.17. The maximum absolute atomic E-state index is 10.9. The molecule has 0 amide bonds. The van der Waals surface area contributed by atoms with E-state index in [4.69, 9.17) is 4.74 Å². The third kappa shape index (κ3) is 3.67. The van der Waals surface area contributed by atoms with Gasteiger partial charge in [0.25, 0.3) is 5.69 Å². The smallest absolute Gasteiger partial charge is 0.271 e. The van der Waals surface area contributed by atoms with Crippen LogP contribution in [-0.4, -0.2) is 23.2 Å². The second-order valence-corrected chi connectivity index (χ2v) is 5.76. The molecule has 1 atom stereocenters. The van der Waals surface area contributed by atoms with E-state index in [-0.39, 0.29) is 16.2 Å². The van der Waals surface area contributed by atoms with Crippen molar-refractivity contribution in [3.05, 3.63) is 33.9 Å². The average Bonchev–Trinajstić information content (AvgIpc) is 2.26. The topological polar surface area (TPSA) is 64.4 Å². The first-order valence-electron chi connectivity index (χ1n) is 6.52. The summed E-state index contributed by atoms with van der Waals surface area (Å²) in [5, 5.41) is 14.2. The number of nitrogens with one attached hydrogen (secondary N) is 1. The minimum absolute atomic E-state index is 0.133. The number of benzene rings is 1. The SMILES string of the molecule is Cc1cc(NC2CCOC(C)(C)C2)cc([N+](=O)[O-])c1. The van der Waals surface area contributed by atoms with Crippen LogP contribution < -0.4 is 5.32 Å². The highest BCUT2D eigenvalue weighted by Crippen LogP contribution is 2.28. The molecule has 19 heavy (non-hydrogen) atoms. The van der Waals surface area contributed by atoms with Gasteiger partial charge in [-0.15, -0.1) is 0 Å². The third-order valence-electron chi connectivity index (χ3n) is 3.34. The summed E-state index contributed by atoms with van der Waals surface area (Å²) in [6.07, 6.45) is 1.82. The van der Waals surface area contributed by atoms with E-state index in [0.29, 0.717) is 6.04 Å². The van der Waals surface area contributed by atoms with Gasteiger partial charge < -0.3 is 10.1 Å². The Morgan fingerprint density at radius 3 is 2.79 bits per heavy atom. The van der Waals surface area contributed by atoms with Gasteiger partial charge in [0.15, 0.2) is 0 Å². The Labute approximate surface area is 113 Å². The minimum Gasteiger partial charge on any atom is -0.382 e. The monoisotopic (exact) mass is 264 g/mol. The molecule has 1 unspecified atom stereocenters. The molecule has 1 aliphatic rings. The molecule has 0 spiro atoms. The molecule has 1 aromatic rings. The van der Waals surface area contributed by atoms with Crippen LogP contribution in [0.15, 0.2) is 18.2 Å². The van der Waals surface area contributed by atoms with Crippen LogP contribution in [0.3, 0.4) is 0 Å². The van der Waals surface area contributed by atoms with Gasteiger partial charge in [0.2, 0.25) is 0 Å². The van der Waals surface area contributed by atoms with E-state index in [1.54, 1.807) is 12.1 Å². The van der Waals surface area contributed by atoms with Crippen LogP contribution in [0.5, 0.6) is 0 Å². The van der Waals surface area contributed by atoms with Crippen LogP contribution in [0.2, 0.25) is 0 Å². The Morgan fingerprint density at radius 1 is 1.42 bits per heavy atom. The van der Waals surface area contributed by atoms with Crippen molar-refractivity contribution in [2.24, 2.45) is 0 Å². The summed E-state index contributed by atoms with van der Waals surface area (Å²) in [7, 11) is 0. The summed E-state index contributed by atoms with van der Waals surface area (Å²) < 4.78 is 5.67. The van der Waals surface area contributed by atoms with Crippen LogP contribution >= 0.6 is 0 Å². The maximum Gasteiger partial charge on any atom is 0.271 e. The number of ether oxygens (including phenoxy) is 1. The lowest BCUT2D eigenvalue weighted by Crippen LogP contribution is -2.40. The quantitative estimate of drug-likeness (QED) is 0.672. The lowest BCUT2D eigenvalue weighted by atomic mass is 9.93. The van der Waals surface area contributed by atoms with Gasteiger partial charge in [-0.05, 0) is 45.2 Å². The van der Waals surface area contributed by atoms with Crippen LogP contribution in [0, 0.1) is 17.0 Å². The molecule has 0 aliphatic carbocycles. The van der Waals surface area contributed by atoms with Gasteiger partial charge in [0.05, 0.1) is 10.5 Å². The first kappa shape index (κ1) is 13.8. The molecular weight excluding hydrogens is 244 g/mol. The molecular formula is C14H20N2O3. The highest BCUT2D eigenvalue weighted by atomic mass is 16.6. The molecule has 5 nitrogen and oxygen atoms in total. The fraction of sp³-hybridized carbons (Fsp3) is 0.571. The van der Waals surface area contributed by atoms with E-state index < -0.39 is 0 Å². The van der Waals surface area contributed by atoms with E-state index in [1.165, 1.54) is 0 Å². The zero-order chi connectivity index (χ0) is 14.0. The van der Waals surface area contributed by atoms with Crippen molar-refractivity contribution in [2.45, 2.75) is 45.3 Å². The molecule has 1 aromatic carbocycles. The third-order valence-corrected chi connectivity index (χ3v) is 3.34. The number of hydrogen-bond acceptors (Lipinski definition) is 4. The second-order valence-electron chi connectivity index (χ2n) is 5.76. The van der Waals surface area contributed by atoms with Crippen LogP contribution in [0.25, 0.3) is 0 Å². The molecule has 2 rings (SSSR count). The lowest BCUT2D eigenvalue weighted by molar-refractivity contribution is -0.384. The molecule has 1 N–H and O–H groups in total. The van der Waals surface area contributed by atoms with Gasteiger partial charge in [-0.2, -0.15) is 0 Å². The van der Waals surface area contributed by atoms with E-state index >= 15 is 0 Å². The van der Waals surface area contributed by atoms with Crippen molar-refractivity contribution in [1.29, 1.82) is 0 Å². The van der Waals surface area contributed by atoms with Crippen molar-refractivity contribution in [1.82, 2.24) is 0 Å². The van der Waals surface area contributed by atoms with Crippen molar-refractivity contribution >= 4 is 11.4 Å². The normalized spacial score (nSPS) is 21.9. The number of nitrogens with zero attached hydrogens (tertiary/aromatic N) is 1. The van der Waals surface area contributed by atoms with Gasteiger partial charge in [-0.1, -0.05) is 0 Å². The summed E-state index contributed by atoms with van der Waals surface area (Å²) in [6, 6.07) is 5.41. The van der Waals surface area contributed by atoms with E-state index in [9.17, 15) is 10.1 Å². The molecule has 0 aromatic heterocycles. The molecule has 104 valence electrons. The Hall–Kier alpha value is -1.62. The number of hydrogen-bond donors (Lipinski definition) is 1. The molecule has 1 aliphatic heterocycles. The first-order chi connectivity index (χ1) is 8.85. The minimum atomic E-state index is -0.355. The van der Waals surface area contributed by atoms with Crippen molar-refractivity contribution < 1.29 is 9.66 Å². The van der Waals surface area contributed by atoms with Crippen LogP contribution in [-0.2, 0) is 4.74 Å². The standard InChI is InChI=1S/C14H20N2O3/c1-10-6-12(8-13(7-10)16(17)18)15-11-4-5-19-14(2,3)9-11/h6-8,11,15H,4-5,9H2,1-3H3. The van der Waals surface area contributed by atoms with Crippen LogP contribution in [0.4, 0.5) is 11.4 Å². The Balaban J connectivity index is 2.12. The number of nitro groups is 1. The van der Waals surface area contributed by atoms with Crippen molar-refractivity contribution in [3.8, 4) is 0 Å². The Morgan fingerprint density at radius 2 is 2.16 bits per heavy atom. The van der Waals surface area contributed by atoms with Crippen molar-refractivity contribution in [2.75, 3.05) is 11.9 Å². The number of rotatable bonds is 3. The van der Waals surface area contributed by atoms with E-state index in [0.717, 1.165) is 30.7 Å². The van der Waals surface area contributed by atoms with Gasteiger partial charge in [-0.3, -0.25) is 10.1 Å². The summed E-state index contributed by atoms with van der Waals surface area (Å²) in [5.41, 5.74) is 1.71. The fourth-order valence-electron chi connectivity index (χ4n) is 2.54. The highest BCUT2D eigenvalue weighted by Gasteiger charge is 2.28. The first-order valence-corrected chi connectivity index (χ1v) is 6.52. The van der Waals surface area contributed by atoms with Crippen molar-refractivity contribution in [3.63, 3.8) is 0 Å². The van der Waals surface area contributed by atoms with Gasteiger partial charge in [0.1, 0.15) is 0 Å². The summed E-state index contributed by atoms with van der Waals surface area (Å²) in [5.74, 6) is 0. The fourth-order valence-corrected chi connectivity index (χ4v) is 2.54. The number of aryl methyl sites for hydroxylation is 1. The summed E-state index contributed by atoms with van der Waals surface area (Å²) in [6.45, 7) is 6.73. The molecule has 1 saturated heterocycles. The van der Waals surface area contributed by atoms with E-state index in [2.05, 4.69) is 19.2 Å². The number of anilines is 1. The Kier molecular flexibility index (Phi) is 3.75. The number of nitro benzene ring substituents is 1. The molecule has 0 bridgehead atoms. The molecule has 5 heteroatoms. The number of non-ortho nitro benzene ring substituents is 1. The average molecular weight is 264 g/mol. The summed E-state index contributed by atoms with van der Waals surface area (Å²) >= 11 is 0. The van der Waals surface area contributed by atoms with Crippen LogP contribution in [0.1, 0.15) is 32.3 Å². The predicted molar refractivity (Wildman–Crippen MR) is 74.5 cm³/mol. The van der Waals surface area contributed by atoms with Gasteiger partial charge in [0, 0.05) is 30.5 Å². The Bertz CT molecular complexity index is 486. The van der Waals surface area contributed by atoms with Gasteiger partial charge >= 0.3 is 0 Å². The largest absolute Gasteiger partial charge is 0.382 e. The molecule has 0 radical (unpaired) electrons. The molecule has 0 saturated carbocycles. The zero-order valence-electron chi connectivity index (χ0n) is 11.6. The molecule has 1 fully saturated rings.